The average molecular weight is 326 g/mol. The fraction of sp³-hybridized carbons (Fsp3) is 0.429. The number of sulfone groups is 1. The number of benzene rings is 1. The van der Waals surface area contributed by atoms with Gasteiger partial charge in [-0.05, 0) is 18.2 Å². The number of piperazine rings is 1. The third-order valence-electron chi connectivity index (χ3n) is 3.82. The predicted molar refractivity (Wildman–Crippen MR) is 84.2 cm³/mol. The molecule has 1 fully saturated rings. The molecule has 0 aromatic heterocycles. The average Bonchev–Trinajstić information content (AvgIpc) is 2.47. The number of quaternary nitrogens is 1. The van der Waals surface area contributed by atoms with Gasteiger partial charge in [0, 0.05) is 12.3 Å². The van der Waals surface area contributed by atoms with Crippen molar-refractivity contribution in [1.82, 2.24) is 0 Å². The number of anilines is 1. The summed E-state index contributed by atoms with van der Waals surface area (Å²) in [5.74, 6) is 0. The predicted octanol–water partition coefficient (Wildman–Crippen LogP) is -0.111. The van der Waals surface area contributed by atoms with Crippen molar-refractivity contribution in [3.63, 3.8) is 0 Å². The van der Waals surface area contributed by atoms with Crippen LogP contribution in [0.1, 0.15) is 0 Å². The third-order valence-corrected chi connectivity index (χ3v) is 4.93. The number of rotatable bonds is 5. The van der Waals surface area contributed by atoms with Crippen LogP contribution in [0.3, 0.4) is 0 Å². The molecule has 0 atom stereocenters. The van der Waals surface area contributed by atoms with Crippen molar-refractivity contribution in [1.29, 1.82) is 0 Å². The van der Waals surface area contributed by atoms with Crippen molar-refractivity contribution < 1.29 is 18.2 Å². The van der Waals surface area contributed by atoms with Crippen LogP contribution in [-0.2, 0) is 9.84 Å². The molecule has 0 amide bonds. The molecule has 0 saturated carbocycles. The Morgan fingerprint density at radius 3 is 2.55 bits per heavy atom. The van der Waals surface area contributed by atoms with E-state index in [0.717, 1.165) is 32.0 Å². The summed E-state index contributed by atoms with van der Waals surface area (Å²) in [6.07, 6.45) is 2.91. The van der Waals surface area contributed by atoms with Crippen LogP contribution < -0.4 is 9.80 Å². The van der Waals surface area contributed by atoms with E-state index >= 15 is 0 Å². The normalized spacial score (nSPS) is 16.5. The van der Waals surface area contributed by atoms with Crippen molar-refractivity contribution in [2.45, 2.75) is 4.90 Å². The first-order valence-electron chi connectivity index (χ1n) is 7.01. The molecule has 1 heterocycles. The molecule has 1 aliphatic heterocycles. The molecule has 7 nitrogen and oxygen atoms in total. The number of hydrogen-bond donors (Lipinski definition) is 1. The number of nitrogens with one attached hydrogen (secondary N) is 1. The first kappa shape index (κ1) is 16.4. The standard InChI is InChI=1S/C14H19N3O4S/c1-3-6-15-7-9-16(10-8-15)13-5-4-12(22(2,20)21)11-14(13)17(18)19/h3-5,11H,1,6-10H2,2H3/p+1. The second-order valence-electron chi connectivity index (χ2n) is 5.41. The fourth-order valence-corrected chi connectivity index (χ4v) is 3.26. The first-order chi connectivity index (χ1) is 10.3. The van der Waals surface area contributed by atoms with E-state index in [-0.39, 0.29) is 10.6 Å². The van der Waals surface area contributed by atoms with Crippen LogP contribution in [0.5, 0.6) is 0 Å². The van der Waals surface area contributed by atoms with Gasteiger partial charge in [0.1, 0.15) is 5.69 Å². The van der Waals surface area contributed by atoms with Gasteiger partial charge in [-0.3, -0.25) is 10.1 Å². The largest absolute Gasteiger partial charge is 0.355 e. The summed E-state index contributed by atoms with van der Waals surface area (Å²) in [5, 5.41) is 11.3. The Bertz CT molecular complexity index is 679. The highest BCUT2D eigenvalue weighted by Crippen LogP contribution is 2.30. The zero-order valence-electron chi connectivity index (χ0n) is 12.5. The zero-order valence-corrected chi connectivity index (χ0v) is 13.3. The molecular weight excluding hydrogens is 306 g/mol. The van der Waals surface area contributed by atoms with Crippen molar-refractivity contribution in [2.24, 2.45) is 0 Å². The van der Waals surface area contributed by atoms with Crippen molar-refractivity contribution in [3.05, 3.63) is 41.0 Å². The number of nitro groups is 1. The van der Waals surface area contributed by atoms with E-state index in [9.17, 15) is 18.5 Å². The molecule has 0 spiro atoms. The Balaban J connectivity index is 2.28. The molecule has 2 rings (SSSR count). The molecule has 1 aromatic carbocycles. The van der Waals surface area contributed by atoms with Gasteiger partial charge in [-0.25, -0.2) is 8.42 Å². The van der Waals surface area contributed by atoms with Gasteiger partial charge >= 0.3 is 0 Å². The summed E-state index contributed by atoms with van der Waals surface area (Å²) >= 11 is 0. The maximum absolute atomic E-state index is 11.6. The van der Waals surface area contributed by atoms with Crippen LogP contribution in [0.2, 0.25) is 0 Å². The molecule has 22 heavy (non-hydrogen) atoms. The molecule has 120 valence electrons. The van der Waals surface area contributed by atoms with Crippen molar-refractivity contribution in [2.75, 3.05) is 43.9 Å². The second kappa shape index (κ2) is 6.45. The summed E-state index contributed by atoms with van der Waals surface area (Å²) in [6.45, 7) is 7.74. The summed E-state index contributed by atoms with van der Waals surface area (Å²) < 4.78 is 23.1. The van der Waals surface area contributed by atoms with E-state index in [4.69, 9.17) is 0 Å². The lowest BCUT2D eigenvalue weighted by Crippen LogP contribution is -3.14. The van der Waals surface area contributed by atoms with Gasteiger partial charge in [0.25, 0.3) is 5.69 Å². The monoisotopic (exact) mass is 326 g/mol. The molecule has 1 N–H and O–H groups in total. The van der Waals surface area contributed by atoms with Crippen molar-refractivity contribution in [3.8, 4) is 0 Å². The Kier molecular flexibility index (Phi) is 4.82. The van der Waals surface area contributed by atoms with Gasteiger partial charge in [0.15, 0.2) is 9.84 Å². The van der Waals surface area contributed by atoms with Crippen LogP contribution in [0.25, 0.3) is 0 Å². The molecule has 0 bridgehead atoms. The molecule has 0 unspecified atom stereocenters. The van der Waals surface area contributed by atoms with E-state index in [1.165, 1.54) is 17.0 Å². The quantitative estimate of drug-likeness (QED) is 0.464. The maximum Gasteiger partial charge on any atom is 0.293 e. The zero-order chi connectivity index (χ0) is 16.3. The number of nitro benzene ring substituents is 1. The topological polar surface area (TPSA) is 85.0 Å². The fourth-order valence-electron chi connectivity index (χ4n) is 2.62. The maximum atomic E-state index is 11.6. The Hall–Kier alpha value is -1.93. The van der Waals surface area contributed by atoms with Gasteiger partial charge in [-0.15, -0.1) is 0 Å². The summed E-state index contributed by atoms with van der Waals surface area (Å²) in [4.78, 5) is 14.1. The van der Waals surface area contributed by atoms with Crippen LogP contribution in [0, 0.1) is 10.1 Å². The summed E-state index contributed by atoms with van der Waals surface area (Å²) in [7, 11) is -3.46. The summed E-state index contributed by atoms with van der Waals surface area (Å²) in [5.41, 5.74) is 0.324. The van der Waals surface area contributed by atoms with Gasteiger partial charge in [0.05, 0.1) is 42.5 Å². The van der Waals surface area contributed by atoms with Crippen LogP contribution >= 0.6 is 0 Å². The lowest BCUT2D eigenvalue weighted by molar-refractivity contribution is -0.894. The van der Waals surface area contributed by atoms with Crippen LogP contribution in [-0.4, -0.2) is 52.3 Å². The highest BCUT2D eigenvalue weighted by molar-refractivity contribution is 7.90. The van der Waals surface area contributed by atoms with E-state index in [0.29, 0.717) is 18.8 Å². The van der Waals surface area contributed by atoms with Crippen molar-refractivity contribution >= 4 is 21.2 Å². The SMILES string of the molecule is C=CC[NH+]1CCN(c2ccc(S(C)(=O)=O)cc2[N+](=O)[O-])CC1. The molecule has 0 radical (unpaired) electrons. The van der Waals surface area contributed by atoms with Crippen LogP contribution in [0.4, 0.5) is 11.4 Å². The molecule has 1 aliphatic rings. The van der Waals surface area contributed by atoms with E-state index < -0.39 is 14.8 Å². The Morgan fingerprint density at radius 2 is 2.05 bits per heavy atom. The Labute approximate surface area is 129 Å². The lowest BCUT2D eigenvalue weighted by Gasteiger charge is -2.32. The second-order valence-corrected chi connectivity index (χ2v) is 7.43. The Morgan fingerprint density at radius 1 is 1.41 bits per heavy atom. The molecule has 0 aliphatic carbocycles. The lowest BCUT2D eigenvalue weighted by atomic mass is 10.2. The van der Waals surface area contributed by atoms with E-state index in [1.54, 1.807) is 0 Å². The van der Waals surface area contributed by atoms with E-state index in [1.807, 2.05) is 11.0 Å². The number of nitrogens with zero attached hydrogens (tertiary/aromatic N) is 2. The number of hydrogen-bond acceptors (Lipinski definition) is 5. The van der Waals surface area contributed by atoms with E-state index in [2.05, 4.69) is 6.58 Å². The van der Waals surface area contributed by atoms with Gasteiger partial charge in [-0.2, -0.15) is 0 Å². The highest BCUT2D eigenvalue weighted by atomic mass is 32.2. The van der Waals surface area contributed by atoms with Crippen LogP contribution in [0.15, 0.2) is 35.7 Å². The minimum absolute atomic E-state index is 0.0288. The van der Waals surface area contributed by atoms with Gasteiger partial charge in [0.2, 0.25) is 0 Å². The molecular formula is C14H20N3O4S+. The first-order valence-corrected chi connectivity index (χ1v) is 8.90. The smallest absolute Gasteiger partial charge is 0.293 e. The highest BCUT2D eigenvalue weighted by Gasteiger charge is 2.26. The minimum Gasteiger partial charge on any atom is -0.355 e. The third kappa shape index (κ3) is 3.63. The van der Waals surface area contributed by atoms with Gasteiger partial charge in [-0.1, -0.05) is 6.58 Å². The minimum atomic E-state index is -3.46. The molecule has 1 aromatic rings. The molecule has 8 heteroatoms. The molecule has 1 saturated heterocycles. The summed E-state index contributed by atoms with van der Waals surface area (Å²) in [6, 6.07) is 4.11. The van der Waals surface area contributed by atoms with Gasteiger partial charge < -0.3 is 9.80 Å².